The van der Waals surface area contributed by atoms with Crippen LogP contribution < -0.4 is 5.32 Å². The van der Waals surface area contributed by atoms with Crippen LogP contribution in [0.25, 0.3) is 11.0 Å². The Balaban J connectivity index is 2.16. The molecule has 0 fully saturated rings. The zero-order valence-corrected chi connectivity index (χ0v) is 12.3. The Labute approximate surface area is 127 Å². The molecule has 0 saturated heterocycles. The summed E-state index contributed by atoms with van der Waals surface area (Å²) in [5.41, 5.74) is 1.01. The van der Waals surface area contributed by atoms with Gasteiger partial charge in [0.25, 0.3) is 5.78 Å². The van der Waals surface area contributed by atoms with Gasteiger partial charge in [0, 0.05) is 24.0 Å². The van der Waals surface area contributed by atoms with Crippen molar-refractivity contribution in [3.8, 4) is 0 Å². The van der Waals surface area contributed by atoms with Gasteiger partial charge in [0.15, 0.2) is 0 Å². The number of fused-ring (bicyclic) bond motifs is 1. The Morgan fingerprint density at radius 2 is 1.86 bits per heavy atom. The number of benzene rings is 1. The van der Waals surface area contributed by atoms with E-state index in [4.69, 9.17) is 5.41 Å². The van der Waals surface area contributed by atoms with Gasteiger partial charge >= 0.3 is 0 Å². The predicted octanol–water partition coefficient (Wildman–Crippen LogP) is 1.91. The number of hydrogen-bond donors (Lipinski definition) is 2. The molecular weight excluding hydrogens is 280 g/mol. The predicted molar refractivity (Wildman–Crippen MR) is 84.0 cm³/mol. The second-order valence-corrected chi connectivity index (χ2v) is 4.99. The van der Waals surface area contributed by atoms with Crippen LogP contribution >= 0.6 is 0 Å². The maximum absolute atomic E-state index is 12.1. The first-order chi connectivity index (χ1) is 10.5. The van der Waals surface area contributed by atoms with Gasteiger partial charge in [0.1, 0.15) is 5.71 Å². The van der Waals surface area contributed by atoms with E-state index in [-0.39, 0.29) is 17.3 Å². The maximum atomic E-state index is 12.1. The van der Waals surface area contributed by atoms with Crippen LogP contribution in [-0.4, -0.2) is 33.3 Å². The number of Topliss-reactive ketones (excluding diaryl/α,β-unsaturated/α-hetero) is 2. The van der Waals surface area contributed by atoms with Crippen LogP contribution in [0.2, 0.25) is 0 Å². The van der Waals surface area contributed by atoms with Crippen molar-refractivity contribution >= 4 is 28.3 Å². The summed E-state index contributed by atoms with van der Waals surface area (Å²) in [5, 5.41) is 10.6. The highest BCUT2D eigenvalue weighted by molar-refractivity contribution is 6.69. The number of carbonyl (C=O) groups is 2. The molecule has 2 N–H and O–H groups in total. The molecule has 0 aliphatic rings. The van der Waals surface area contributed by atoms with Crippen molar-refractivity contribution in [3.05, 3.63) is 48.4 Å². The van der Waals surface area contributed by atoms with Crippen molar-refractivity contribution in [1.29, 1.82) is 5.41 Å². The number of nitrogens with one attached hydrogen (secondary N) is 2. The number of ketones is 2. The Morgan fingerprint density at radius 3 is 2.55 bits per heavy atom. The molecule has 22 heavy (non-hydrogen) atoms. The Morgan fingerprint density at radius 1 is 1.18 bits per heavy atom. The number of allylic oxidation sites excluding steroid dienone is 1. The molecule has 6 nitrogen and oxygen atoms in total. The van der Waals surface area contributed by atoms with Gasteiger partial charge in [-0.3, -0.25) is 25.0 Å². The Bertz CT molecular complexity index is 766. The molecule has 0 radical (unpaired) electrons. The zero-order valence-electron chi connectivity index (χ0n) is 12.3. The molecule has 0 saturated carbocycles. The standard InChI is InChI=1S/C16H16N4O2/c1-10(2)18-6-5-12(17)16(22)15(21)11-3-4-13-14(9-11)20-8-7-19-13/h3-10,17-18H,1-2H3/b6-5-,17-12?. The van der Waals surface area contributed by atoms with E-state index in [0.29, 0.717) is 11.0 Å². The summed E-state index contributed by atoms with van der Waals surface area (Å²) in [4.78, 5) is 32.3. The van der Waals surface area contributed by atoms with Gasteiger partial charge in [-0.15, -0.1) is 0 Å². The summed E-state index contributed by atoms with van der Waals surface area (Å²) in [5.74, 6) is -1.59. The number of rotatable bonds is 6. The topological polar surface area (TPSA) is 95.8 Å². The number of aromatic nitrogens is 2. The second kappa shape index (κ2) is 6.71. The molecule has 6 heteroatoms. The first kappa shape index (κ1) is 15.5. The van der Waals surface area contributed by atoms with Crippen LogP contribution in [0, 0.1) is 5.41 Å². The third-order valence-electron chi connectivity index (χ3n) is 2.86. The fourth-order valence-electron chi connectivity index (χ4n) is 1.76. The van der Waals surface area contributed by atoms with Gasteiger partial charge in [0.05, 0.1) is 11.0 Å². The minimum absolute atomic E-state index is 0.189. The molecule has 0 unspecified atom stereocenters. The van der Waals surface area contributed by atoms with Gasteiger partial charge in [-0.1, -0.05) is 0 Å². The average Bonchev–Trinajstić information content (AvgIpc) is 2.52. The van der Waals surface area contributed by atoms with Crippen molar-refractivity contribution in [2.75, 3.05) is 0 Å². The van der Waals surface area contributed by atoms with Crippen molar-refractivity contribution in [2.24, 2.45) is 0 Å². The fourth-order valence-corrected chi connectivity index (χ4v) is 1.76. The molecule has 0 atom stereocenters. The third-order valence-corrected chi connectivity index (χ3v) is 2.86. The van der Waals surface area contributed by atoms with Crippen LogP contribution in [0.15, 0.2) is 42.9 Å². The molecule has 1 aromatic carbocycles. The van der Waals surface area contributed by atoms with Gasteiger partial charge in [-0.2, -0.15) is 0 Å². The van der Waals surface area contributed by atoms with Crippen molar-refractivity contribution in [1.82, 2.24) is 15.3 Å². The molecule has 2 aromatic rings. The summed E-state index contributed by atoms with van der Waals surface area (Å²) < 4.78 is 0. The Hall–Kier alpha value is -2.89. The van der Waals surface area contributed by atoms with E-state index in [2.05, 4.69) is 15.3 Å². The van der Waals surface area contributed by atoms with Gasteiger partial charge in [0.2, 0.25) is 5.78 Å². The smallest absolute Gasteiger partial charge is 0.251 e. The van der Waals surface area contributed by atoms with E-state index >= 15 is 0 Å². The van der Waals surface area contributed by atoms with Crippen LogP contribution in [-0.2, 0) is 4.79 Å². The van der Waals surface area contributed by atoms with E-state index in [9.17, 15) is 9.59 Å². The largest absolute Gasteiger partial charge is 0.389 e. The first-order valence-corrected chi connectivity index (χ1v) is 6.80. The lowest BCUT2D eigenvalue weighted by atomic mass is 10.0. The summed E-state index contributed by atoms with van der Waals surface area (Å²) in [7, 11) is 0. The number of carbonyl (C=O) groups excluding carboxylic acids is 2. The van der Waals surface area contributed by atoms with Crippen LogP contribution in [0.4, 0.5) is 0 Å². The van der Waals surface area contributed by atoms with E-state index in [1.54, 1.807) is 12.3 Å². The normalized spacial score (nSPS) is 11.0. The SMILES string of the molecule is CC(C)N/C=C\C(=N)C(=O)C(=O)c1ccc2nccnc2c1. The highest BCUT2D eigenvalue weighted by atomic mass is 16.2. The lowest BCUT2D eigenvalue weighted by Gasteiger charge is -2.03. The molecule has 2 rings (SSSR count). The summed E-state index contributed by atoms with van der Waals surface area (Å²) in [6.45, 7) is 3.86. The zero-order chi connectivity index (χ0) is 16.1. The quantitative estimate of drug-likeness (QED) is 0.482. The molecule has 1 heterocycles. The first-order valence-electron chi connectivity index (χ1n) is 6.80. The molecule has 1 aromatic heterocycles. The second-order valence-electron chi connectivity index (χ2n) is 4.99. The highest BCUT2D eigenvalue weighted by Crippen LogP contribution is 2.12. The summed E-state index contributed by atoms with van der Waals surface area (Å²) in [6.07, 6.45) is 5.84. The highest BCUT2D eigenvalue weighted by Gasteiger charge is 2.19. The molecule has 0 spiro atoms. The van der Waals surface area contributed by atoms with Gasteiger partial charge in [-0.25, -0.2) is 0 Å². The van der Waals surface area contributed by atoms with Crippen molar-refractivity contribution in [2.45, 2.75) is 19.9 Å². The average molecular weight is 296 g/mol. The summed E-state index contributed by atoms with van der Waals surface area (Å²) >= 11 is 0. The Kier molecular flexibility index (Phi) is 4.73. The van der Waals surface area contributed by atoms with E-state index < -0.39 is 11.6 Å². The minimum Gasteiger partial charge on any atom is -0.389 e. The minimum atomic E-state index is -0.856. The fraction of sp³-hybridized carbons (Fsp3) is 0.188. The number of hydrogen-bond acceptors (Lipinski definition) is 6. The molecule has 0 bridgehead atoms. The van der Waals surface area contributed by atoms with Gasteiger partial charge < -0.3 is 5.32 Å². The van der Waals surface area contributed by atoms with Crippen LogP contribution in [0.1, 0.15) is 24.2 Å². The van der Waals surface area contributed by atoms with Gasteiger partial charge in [-0.05, 0) is 44.3 Å². The molecular formula is C16H16N4O2. The van der Waals surface area contributed by atoms with Crippen molar-refractivity contribution < 1.29 is 9.59 Å². The molecule has 0 aliphatic heterocycles. The van der Waals surface area contributed by atoms with E-state index in [0.717, 1.165) is 0 Å². The summed E-state index contributed by atoms with van der Waals surface area (Å²) in [6, 6.07) is 4.84. The molecule has 112 valence electrons. The molecule has 0 amide bonds. The van der Waals surface area contributed by atoms with Crippen LogP contribution in [0.5, 0.6) is 0 Å². The maximum Gasteiger partial charge on any atom is 0.251 e. The lowest BCUT2D eigenvalue weighted by molar-refractivity contribution is -0.109. The third kappa shape index (κ3) is 3.60. The molecule has 0 aliphatic carbocycles. The number of nitrogens with zero attached hydrogens (tertiary/aromatic N) is 2. The van der Waals surface area contributed by atoms with Crippen molar-refractivity contribution in [3.63, 3.8) is 0 Å². The monoisotopic (exact) mass is 296 g/mol. The van der Waals surface area contributed by atoms with Crippen LogP contribution in [0.3, 0.4) is 0 Å². The lowest BCUT2D eigenvalue weighted by Crippen LogP contribution is -2.23. The van der Waals surface area contributed by atoms with E-state index in [1.165, 1.54) is 30.6 Å². The van der Waals surface area contributed by atoms with E-state index in [1.807, 2.05) is 13.8 Å².